The summed E-state index contributed by atoms with van der Waals surface area (Å²) < 4.78 is 31.2. The first-order valence-corrected chi connectivity index (χ1v) is 10.4. The first-order chi connectivity index (χ1) is 13.7. The quantitative estimate of drug-likeness (QED) is 0.592. The normalized spacial score (nSPS) is 11.0. The van der Waals surface area contributed by atoms with Gasteiger partial charge in [-0.3, -0.25) is 9.59 Å². The summed E-state index contributed by atoms with van der Waals surface area (Å²) in [6, 6.07) is 13.9. The van der Waals surface area contributed by atoms with Gasteiger partial charge in [-0.25, -0.2) is 8.42 Å². The average Bonchev–Trinajstić information content (AvgIpc) is 2.70. The van der Waals surface area contributed by atoms with Crippen LogP contribution in [0.15, 0.2) is 53.4 Å². The lowest BCUT2D eigenvalue weighted by molar-refractivity contribution is -0.147. The summed E-state index contributed by atoms with van der Waals surface area (Å²) in [6.45, 7) is 1.09. The lowest BCUT2D eigenvalue weighted by Gasteiger charge is -2.13. The molecule has 0 fully saturated rings. The van der Waals surface area contributed by atoms with Crippen LogP contribution in [0.25, 0.3) is 0 Å². The summed E-state index contributed by atoms with van der Waals surface area (Å²) in [4.78, 5) is 25.6. The third-order valence-electron chi connectivity index (χ3n) is 4.04. The first-order valence-electron chi connectivity index (χ1n) is 8.92. The van der Waals surface area contributed by atoms with E-state index in [0.29, 0.717) is 6.54 Å². The van der Waals surface area contributed by atoms with Crippen LogP contribution >= 0.6 is 0 Å². The fourth-order valence-electron chi connectivity index (χ4n) is 2.32. The highest BCUT2D eigenvalue weighted by Gasteiger charge is 2.16. The van der Waals surface area contributed by atoms with Crippen molar-refractivity contribution in [2.75, 3.05) is 32.1 Å². The molecule has 156 valence electrons. The second-order valence-electron chi connectivity index (χ2n) is 6.64. The maximum Gasteiger partial charge on any atom is 0.321 e. The number of carbonyl (C=O) groups is 2. The highest BCUT2D eigenvalue weighted by molar-refractivity contribution is 7.89. The Hall–Kier alpha value is -2.91. The van der Waals surface area contributed by atoms with Gasteiger partial charge in [0.1, 0.15) is 6.54 Å². The predicted molar refractivity (Wildman–Crippen MR) is 110 cm³/mol. The van der Waals surface area contributed by atoms with Crippen LogP contribution in [-0.4, -0.2) is 47.5 Å². The number of ether oxygens (including phenoxy) is 1. The van der Waals surface area contributed by atoms with E-state index in [9.17, 15) is 18.0 Å². The number of carbonyl (C=O) groups excluding carboxylic acids is 2. The van der Waals surface area contributed by atoms with Gasteiger partial charge in [0, 0.05) is 26.3 Å². The van der Waals surface area contributed by atoms with Gasteiger partial charge in [-0.05, 0) is 36.8 Å². The number of rotatable bonds is 9. The minimum absolute atomic E-state index is 0.0499. The number of benzene rings is 2. The second-order valence-corrected chi connectivity index (χ2v) is 8.40. The number of anilines is 1. The maximum atomic E-state index is 12.1. The molecule has 0 saturated heterocycles. The van der Waals surface area contributed by atoms with Crippen molar-refractivity contribution in [3.63, 3.8) is 0 Å². The van der Waals surface area contributed by atoms with Crippen molar-refractivity contribution in [1.82, 2.24) is 10.0 Å². The Bertz CT molecular complexity index is 939. The van der Waals surface area contributed by atoms with E-state index in [0.717, 1.165) is 16.8 Å². The summed E-state index contributed by atoms with van der Waals surface area (Å²) in [5.41, 5.74) is 2.87. The molecule has 0 bridgehead atoms. The van der Waals surface area contributed by atoms with Crippen LogP contribution in [0.4, 0.5) is 5.69 Å². The first kappa shape index (κ1) is 22.4. The molecule has 8 nitrogen and oxygen atoms in total. The minimum Gasteiger partial charge on any atom is -0.455 e. The zero-order valence-corrected chi connectivity index (χ0v) is 17.5. The average molecular weight is 420 g/mol. The number of hydrogen-bond acceptors (Lipinski definition) is 6. The molecule has 1 amide bonds. The number of nitrogens with one attached hydrogen (secondary N) is 2. The fourth-order valence-corrected chi connectivity index (χ4v) is 3.28. The smallest absolute Gasteiger partial charge is 0.321 e. The molecule has 2 rings (SSSR count). The molecule has 0 aromatic heterocycles. The Morgan fingerprint density at radius 1 is 1.00 bits per heavy atom. The van der Waals surface area contributed by atoms with E-state index in [1.807, 2.05) is 50.2 Å². The lowest BCUT2D eigenvalue weighted by atomic mass is 10.2. The third kappa shape index (κ3) is 7.20. The summed E-state index contributed by atoms with van der Waals surface area (Å²) in [5, 5.41) is 2.64. The zero-order chi connectivity index (χ0) is 21.4. The molecule has 0 spiro atoms. The molecule has 2 N–H and O–H groups in total. The monoisotopic (exact) mass is 419 g/mol. The van der Waals surface area contributed by atoms with Crippen LogP contribution < -0.4 is 14.9 Å². The molecule has 0 aliphatic heterocycles. The van der Waals surface area contributed by atoms with Gasteiger partial charge in [0.2, 0.25) is 10.0 Å². The van der Waals surface area contributed by atoms with Gasteiger partial charge in [-0.2, -0.15) is 4.72 Å². The van der Waals surface area contributed by atoms with Crippen LogP contribution in [0.5, 0.6) is 0 Å². The van der Waals surface area contributed by atoms with E-state index >= 15 is 0 Å². The van der Waals surface area contributed by atoms with Crippen molar-refractivity contribution in [2.24, 2.45) is 0 Å². The molecule has 9 heteroatoms. The Labute approximate surface area is 170 Å². The van der Waals surface area contributed by atoms with E-state index in [1.165, 1.54) is 12.1 Å². The Morgan fingerprint density at radius 2 is 1.62 bits per heavy atom. The Kier molecular flexibility index (Phi) is 7.74. The van der Waals surface area contributed by atoms with Crippen LogP contribution in [0, 0.1) is 6.92 Å². The molecule has 0 radical (unpaired) electrons. The Balaban J connectivity index is 1.72. The van der Waals surface area contributed by atoms with Crippen LogP contribution in [0.3, 0.4) is 0 Å². The topological polar surface area (TPSA) is 105 Å². The van der Waals surface area contributed by atoms with Crippen molar-refractivity contribution < 1.29 is 22.7 Å². The van der Waals surface area contributed by atoms with Crippen molar-refractivity contribution in [3.8, 4) is 0 Å². The third-order valence-corrected chi connectivity index (χ3v) is 5.46. The second kappa shape index (κ2) is 10.0. The van der Waals surface area contributed by atoms with E-state index in [-0.39, 0.29) is 4.90 Å². The van der Waals surface area contributed by atoms with E-state index in [1.54, 1.807) is 12.1 Å². The van der Waals surface area contributed by atoms with Crippen LogP contribution in [-0.2, 0) is 30.9 Å². The minimum atomic E-state index is -3.82. The van der Waals surface area contributed by atoms with Crippen molar-refractivity contribution in [3.05, 3.63) is 59.7 Å². The number of esters is 1. The molecule has 0 atom stereocenters. The van der Waals surface area contributed by atoms with Gasteiger partial charge >= 0.3 is 5.97 Å². The Morgan fingerprint density at radius 3 is 2.21 bits per heavy atom. The molecular formula is C20H25N3O5S. The summed E-state index contributed by atoms with van der Waals surface area (Å²) in [6.07, 6.45) is 0. The molecule has 2 aromatic rings. The van der Waals surface area contributed by atoms with Crippen LogP contribution in [0.1, 0.15) is 11.1 Å². The molecule has 0 aliphatic rings. The van der Waals surface area contributed by atoms with E-state index in [4.69, 9.17) is 4.74 Å². The van der Waals surface area contributed by atoms with Crippen molar-refractivity contribution >= 4 is 27.6 Å². The molecule has 29 heavy (non-hydrogen) atoms. The summed E-state index contributed by atoms with van der Waals surface area (Å²) >= 11 is 0. The van der Waals surface area contributed by atoms with E-state index < -0.39 is 35.1 Å². The van der Waals surface area contributed by atoms with Gasteiger partial charge in [0.05, 0.1) is 4.90 Å². The van der Waals surface area contributed by atoms with Crippen molar-refractivity contribution in [2.45, 2.75) is 18.4 Å². The number of aryl methyl sites for hydroxylation is 1. The summed E-state index contributed by atoms with van der Waals surface area (Å²) in [5.74, 6) is -1.32. The molecule has 2 aromatic carbocycles. The van der Waals surface area contributed by atoms with Gasteiger partial charge in [0.15, 0.2) is 6.61 Å². The van der Waals surface area contributed by atoms with Gasteiger partial charge < -0.3 is 15.0 Å². The lowest BCUT2D eigenvalue weighted by Crippen LogP contribution is -2.33. The summed E-state index contributed by atoms with van der Waals surface area (Å²) in [7, 11) is 0.0516. The van der Waals surface area contributed by atoms with Crippen molar-refractivity contribution in [1.29, 1.82) is 0 Å². The van der Waals surface area contributed by atoms with Crippen LogP contribution in [0.2, 0.25) is 0 Å². The standard InChI is InChI=1S/C20H25N3O5S/c1-15-4-10-18(11-5-15)29(26,27)22-13-20(25)28-14-19(24)21-12-16-6-8-17(9-7-16)23(2)3/h4-11,22H,12-14H2,1-3H3,(H,21,24). The highest BCUT2D eigenvalue weighted by atomic mass is 32.2. The van der Waals surface area contributed by atoms with Gasteiger partial charge in [-0.1, -0.05) is 29.8 Å². The SMILES string of the molecule is Cc1ccc(S(=O)(=O)NCC(=O)OCC(=O)NCc2ccc(N(C)C)cc2)cc1. The predicted octanol–water partition coefficient (Wildman–Crippen LogP) is 1.20. The van der Waals surface area contributed by atoms with E-state index in [2.05, 4.69) is 10.0 Å². The molecular weight excluding hydrogens is 394 g/mol. The molecule has 0 saturated carbocycles. The zero-order valence-electron chi connectivity index (χ0n) is 16.6. The largest absolute Gasteiger partial charge is 0.455 e. The highest BCUT2D eigenvalue weighted by Crippen LogP contribution is 2.12. The fraction of sp³-hybridized carbons (Fsp3) is 0.300. The maximum absolute atomic E-state index is 12.1. The molecule has 0 heterocycles. The van der Waals surface area contributed by atoms with Gasteiger partial charge in [0.25, 0.3) is 5.91 Å². The number of sulfonamides is 1. The van der Waals surface area contributed by atoms with Gasteiger partial charge in [-0.15, -0.1) is 0 Å². The number of amides is 1. The molecule has 0 unspecified atom stereocenters. The molecule has 0 aliphatic carbocycles. The number of nitrogens with zero attached hydrogens (tertiary/aromatic N) is 1. The number of hydrogen-bond donors (Lipinski definition) is 2.